The summed E-state index contributed by atoms with van der Waals surface area (Å²) in [5.41, 5.74) is 2.17. The van der Waals surface area contributed by atoms with E-state index in [-0.39, 0.29) is 18.0 Å². The molecule has 0 bridgehead atoms. The van der Waals surface area contributed by atoms with Gasteiger partial charge in [0.2, 0.25) is 6.79 Å². The van der Waals surface area contributed by atoms with Gasteiger partial charge in [-0.25, -0.2) is 14.4 Å². The molecule has 1 atom stereocenters. The van der Waals surface area contributed by atoms with E-state index in [4.69, 9.17) is 19.7 Å². The van der Waals surface area contributed by atoms with Crippen molar-refractivity contribution >= 4 is 23.0 Å². The normalized spacial score (nSPS) is 13.4. The highest BCUT2D eigenvalue weighted by Gasteiger charge is 2.22. The van der Waals surface area contributed by atoms with Crippen molar-refractivity contribution in [2.45, 2.75) is 38.5 Å². The maximum atomic E-state index is 12.2. The van der Waals surface area contributed by atoms with Crippen LogP contribution in [0.4, 0.5) is 0 Å². The molecule has 0 aliphatic carbocycles. The number of β-amino-alcohol motifs (C(OH)–C–C–N with tert-alkyl or cyclic N) is 1. The van der Waals surface area contributed by atoms with Crippen LogP contribution in [-0.2, 0) is 16.1 Å². The van der Waals surface area contributed by atoms with Crippen LogP contribution in [0, 0.1) is 0 Å². The number of imidazole rings is 1. The van der Waals surface area contributed by atoms with Gasteiger partial charge in [-0.05, 0) is 50.1 Å². The fourth-order valence-corrected chi connectivity index (χ4v) is 3.56. The summed E-state index contributed by atoms with van der Waals surface area (Å²) in [5, 5.41) is 29.6. The third kappa shape index (κ3) is 7.20. The number of aromatic amines is 1. The van der Waals surface area contributed by atoms with Crippen LogP contribution < -0.4 is 20.5 Å². The zero-order chi connectivity index (χ0) is 26.3. The summed E-state index contributed by atoms with van der Waals surface area (Å²) in [6.07, 6.45) is 1.19. The number of ether oxygens (including phenoxy) is 2. The van der Waals surface area contributed by atoms with Crippen molar-refractivity contribution in [2.75, 3.05) is 13.3 Å². The summed E-state index contributed by atoms with van der Waals surface area (Å²) < 4.78 is 12.4. The lowest BCUT2D eigenvalue weighted by Gasteiger charge is -2.28. The number of benzene rings is 2. The Balaban J connectivity index is 0.000000392. The molecule has 0 fully saturated rings. The second-order valence-corrected chi connectivity index (χ2v) is 8.75. The molecular formula is C25H29N3O8. The van der Waals surface area contributed by atoms with Crippen molar-refractivity contribution in [3.8, 4) is 11.5 Å². The SMILES string of the molecule is CC(C)(CCn1c(=O)[nH]c2ccccc21)NCC(O)c1ccc2c(c1)OCO2.O=C(O)/C=C\C(=O)O. The monoisotopic (exact) mass is 499 g/mol. The van der Waals surface area contributed by atoms with E-state index < -0.39 is 18.0 Å². The molecule has 36 heavy (non-hydrogen) atoms. The molecule has 1 unspecified atom stereocenters. The minimum atomic E-state index is -1.26. The van der Waals surface area contributed by atoms with E-state index in [2.05, 4.69) is 24.1 Å². The van der Waals surface area contributed by atoms with Gasteiger partial charge in [-0.15, -0.1) is 0 Å². The number of carboxylic acids is 2. The lowest BCUT2D eigenvalue weighted by atomic mass is 9.99. The van der Waals surface area contributed by atoms with Crippen molar-refractivity contribution in [1.82, 2.24) is 14.9 Å². The van der Waals surface area contributed by atoms with Crippen LogP contribution >= 0.6 is 0 Å². The van der Waals surface area contributed by atoms with Crippen LogP contribution in [-0.4, -0.2) is 55.7 Å². The number of nitrogens with zero attached hydrogens (tertiary/aromatic N) is 1. The third-order valence-electron chi connectivity index (χ3n) is 5.57. The first kappa shape index (κ1) is 26.5. The highest BCUT2D eigenvalue weighted by atomic mass is 16.7. The van der Waals surface area contributed by atoms with Crippen molar-refractivity contribution in [3.63, 3.8) is 0 Å². The highest BCUT2D eigenvalue weighted by molar-refractivity contribution is 5.89. The molecule has 192 valence electrons. The van der Waals surface area contributed by atoms with Gasteiger partial charge in [0.15, 0.2) is 11.5 Å². The molecule has 1 aliphatic heterocycles. The lowest BCUT2D eigenvalue weighted by molar-refractivity contribution is -0.134. The average molecular weight is 500 g/mol. The van der Waals surface area contributed by atoms with Crippen LogP contribution in [0.5, 0.6) is 11.5 Å². The number of aryl methyl sites for hydroxylation is 1. The molecule has 0 amide bonds. The molecule has 11 heteroatoms. The second-order valence-electron chi connectivity index (χ2n) is 8.75. The lowest BCUT2D eigenvalue weighted by Crippen LogP contribution is -2.42. The van der Waals surface area contributed by atoms with Crippen molar-refractivity contribution in [1.29, 1.82) is 0 Å². The number of carboxylic acid groups (broad SMARTS) is 2. The molecule has 0 saturated carbocycles. The van der Waals surface area contributed by atoms with Crippen LogP contribution in [0.25, 0.3) is 11.0 Å². The van der Waals surface area contributed by atoms with E-state index in [1.807, 2.05) is 42.5 Å². The van der Waals surface area contributed by atoms with E-state index in [0.29, 0.717) is 36.7 Å². The van der Waals surface area contributed by atoms with Gasteiger partial charge in [0, 0.05) is 30.8 Å². The number of carbonyl (C=O) groups is 2. The summed E-state index contributed by atoms with van der Waals surface area (Å²) in [4.78, 5) is 34.2. The van der Waals surface area contributed by atoms with E-state index >= 15 is 0 Å². The van der Waals surface area contributed by atoms with E-state index in [1.165, 1.54) is 0 Å². The number of aromatic nitrogens is 2. The van der Waals surface area contributed by atoms with Crippen molar-refractivity contribution in [2.24, 2.45) is 0 Å². The first-order chi connectivity index (χ1) is 17.1. The molecule has 0 saturated heterocycles. The Kier molecular flexibility index (Phi) is 8.51. The Hall–Kier alpha value is -4.09. The van der Waals surface area contributed by atoms with Gasteiger partial charge in [-0.3, -0.25) is 4.57 Å². The summed E-state index contributed by atoms with van der Waals surface area (Å²) in [6.45, 7) is 5.34. The summed E-state index contributed by atoms with van der Waals surface area (Å²) in [6, 6.07) is 13.2. The number of para-hydroxylation sites is 2. The Bertz CT molecular complexity index is 1290. The van der Waals surface area contributed by atoms with Crippen LogP contribution in [0.15, 0.2) is 59.4 Å². The molecule has 3 aromatic rings. The Labute approximate surface area is 206 Å². The van der Waals surface area contributed by atoms with Crippen molar-refractivity contribution < 1.29 is 34.4 Å². The number of aliphatic carboxylic acids is 2. The fourth-order valence-electron chi connectivity index (χ4n) is 3.56. The number of fused-ring (bicyclic) bond motifs is 2. The predicted octanol–water partition coefficient (Wildman–Crippen LogP) is 2.26. The Morgan fingerprint density at radius 2 is 1.78 bits per heavy atom. The zero-order valence-electron chi connectivity index (χ0n) is 19.9. The third-order valence-corrected chi connectivity index (χ3v) is 5.57. The van der Waals surface area contributed by atoms with E-state index in [0.717, 1.165) is 23.0 Å². The molecule has 1 aliphatic rings. The predicted molar refractivity (Wildman–Crippen MR) is 131 cm³/mol. The number of H-pyrrole nitrogens is 1. The molecular weight excluding hydrogens is 470 g/mol. The largest absolute Gasteiger partial charge is 0.478 e. The number of hydrogen-bond donors (Lipinski definition) is 5. The topological polar surface area (TPSA) is 163 Å². The second kappa shape index (κ2) is 11.6. The number of aliphatic hydroxyl groups is 1. The van der Waals surface area contributed by atoms with Gasteiger partial charge in [-0.1, -0.05) is 18.2 Å². The van der Waals surface area contributed by atoms with E-state index in [9.17, 15) is 19.5 Å². The Morgan fingerprint density at radius 1 is 1.11 bits per heavy atom. The molecule has 2 aromatic carbocycles. The molecule has 5 N–H and O–H groups in total. The summed E-state index contributed by atoms with van der Waals surface area (Å²) in [7, 11) is 0. The maximum absolute atomic E-state index is 12.2. The van der Waals surface area contributed by atoms with Crippen LogP contribution in [0.1, 0.15) is 31.9 Å². The first-order valence-electron chi connectivity index (χ1n) is 11.2. The van der Waals surface area contributed by atoms with Gasteiger partial charge in [0.05, 0.1) is 17.1 Å². The molecule has 2 heterocycles. The minimum Gasteiger partial charge on any atom is -0.478 e. The highest BCUT2D eigenvalue weighted by Crippen LogP contribution is 2.34. The fraction of sp³-hybridized carbons (Fsp3) is 0.320. The van der Waals surface area contributed by atoms with Gasteiger partial charge in [0.1, 0.15) is 0 Å². The van der Waals surface area contributed by atoms with Crippen LogP contribution in [0.3, 0.4) is 0 Å². The molecule has 0 spiro atoms. The Morgan fingerprint density at radius 3 is 2.47 bits per heavy atom. The first-order valence-corrected chi connectivity index (χ1v) is 11.2. The summed E-state index contributed by atoms with van der Waals surface area (Å²) in [5.74, 6) is -1.15. The maximum Gasteiger partial charge on any atom is 0.328 e. The standard InChI is InChI=1S/C21H25N3O4.C4H4O4/c1-21(2,9-10-24-16-6-4-3-5-15(16)23-20(24)26)22-12-17(25)14-7-8-18-19(11-14)28-13-27-18;5-3(6)1-2-4(7)8/h3-8,11,17,22,25H,9-10,12-13H2,1-2H3,(H,23,26);1-2H,(H,5,6)(H,7,8)/b;2-1-. The molecule has 1 aromatic heterocycles. The zero-order valence-corrected chi connectivity index (χ0v) is 19.9. The molecule has 4 rings (SSSR count). The molecule has 0 radical (unpaired) electrons. The van der Waals surface area contributed by atoms with Crippen molar-refractivity contribution in [3.05, 3.63) is 70.7 Å². The smallest absolute Gasteiger partial charge is 0.328 e. The summed E-state index contributed by atoms with van der Waals surface area (Å²) >= 11 is 0. The number of hydrogen-bond acceptors (Lipinski definition) is 7. The number of aliphatic hydroxyl groups excluding tert-OH is 1. The van der Waals surface area contributed by atoms with Gasteiger partial charge >= 0.3 is 17.6 Å². The van der Waals surface area contributed by atoms with Gasteiger partial charge in [-0.2, -0.15) is 0 Å². The minimum absolute atomic E-state index is 0.0996. The average Bonchev–Trinajstić information content (AvgIpc) is 3.43. The number of rotatable bonds is 9. The van der Waals surface area contributed by atoms with Gasteiger partial charge < -0.3 is 35.1 Å². The number of nitrogens with one attached hydrogen (secondary N) is 2. The van der Waals surface area contributed by atoms with Crippen LogP contribution in [0.2, 0.25) is 0 Å². The molecule has 11 nitrogen and oxygen atoms in total. The van der Waals surface area contributed by atoms with Gasteiger partial charge in [0.25, 0.3) is 0 Å². The van der Waals surface area contributed by atoms with E-state index in [1.54, 1.807) is 4.57 Å². The quantitative estimate of drug-likeness (QED) is 0.278.